The van der Waals surface area contributed by atoms with E-state index in [1.807, 2.05) is 24.8 Å². The third-order valence-corrected chi connectivity index (χ3v) is 8.94. The quantitative estimate of drug-likeness (QED) is 0.347. The fourth-order valence-electron chi connectivity index (χ4n) is 6.37. The first-order valence-electron chi connectivity index (χ1n) is 15.4. The lowest BCUT2D eigenvalue weighted by Gasteiger charge is -2.44. The number of anilines is 1. The number of carbonyl (C=O) groups is 1. The first kappa shape index (κ1) is 33.7. The van der Waals surface area contributed by atoms with E-state index in [4.69, 9.17) is 21.3 Å². The van der Waals surface area contributed by atoms with E-state index < -0.39 is 11.7 Å². The minimum Gasteiger partial charge on any atom is -0.463 e. The zero-order valence-electron chi connectivity index (χ0n) is 26.3. The number of likely N-dealkylation sites (tertiary alicyclic amines) is 1. The van der Waals surface area contributed by atoms with Gasteiger partial charge in [-0.1, -0.05) is 54.6 Å². The maximum absolute atomic E-state index is 16.8. The van der Waals surface area contributed by atoms with E-state index in [2.05, 4.69) is 11.6 Å². The molecule has 0 bridgehead atoms. The molecule has 46 heavy (non-hydrogen) atoms. The van der Waals surface area contributed by atoms with Gasteiger partial charge in [-0.25, -0.2) is 13.2 Å². The monoisotopic (exact) mass is 657 g/mol. The summed E-state index contributed by atoms with van der Waals surface area (Å²) in [6.45, 7) is 10.7. The molecule has 2 aliphatic heterocycles. The van der Waals surface area contributed by atoms with Gasteiger partial charge in [-0.15, -0.1) is 0 Å². The van der Waals surface area contributed by atoms with Crippen molar-refractivity contribution < 1.29 is 27.8 Å². The number of carbonyl (C=O) groups excluding carboxylic acids is 1. The van der Waals surface area contributed by atoms with Crippen molar-refractivity contribution in [1.82, 2.24) is 19.8 Å². The number of hydrogen-bond donors (Lipinski definition) is 1. The van der Waals surface area contributed by atoms with Crippen LogP contribution in [0.5, 0.6) is 6.01 Å². The molecular formula is C34H39ClF3N5O3. The van der Waals surface area contributed by atoms with Crippen LogP contribution in [-0.4, -0.2) is 94.7 Å². The lowest BCUT2D eigenvalue weighted by atomic mass is 9.98. The summed E-state index contributed by atoms with van der Waals surface area (Å²) in [5, 5.41) is 11.4. The van der Waals surface area contributed by atoms with Gasteiger partial charge in [0.1, 0.15) is 11.3 Å². The topological polar surface area (TPSA) is 82.0 Å². The number of nitrogens with zero attached hydrogens (tertiary/aromatic N) is 5. The van der Waals surface area contributed by atoms with Gasteiger partial charge in [-0.3, -0.25) is 9.69 Å². The van der Waals surface area contributed by atoms with Crippen molar-refractivity contribution in [2.24, 2.45) is 0 Å². The van der Waals surface area contributed by atoms with Crippen molar-refractivity contribution in [3.05, 3.63) is 69.8 Å². The lowest BCUT2D eigenvalue weighted by molar-refractivity contribution is -0.131. The second kappa shape index (κ2) is 14.0. The number of aliphatic hydroxyl groups excluding tert-OH is 1. The standard InChI is InChI=1S/C34H39ClF3N5O3/c1-5-25(26-10-7-6-9-24(26)11-15-44)29-28(35)17-27-31(30(29)36)39-33(46-16-8-13-41-14-12-34(37,38)20-41)40-32(27)43-19-21(2)42(23(4)45)18-22(43)3/h5-7,9-11,17,21-22,44H,1,8,12-16,18-20H2,2-4H3/b24-11-,26-25+/t21-,22+/m1/s1. The first-order valence-corrected chi connectivity index (χ1v) is 15.8. The Kier molecular flexibility index (Phi) is 10.2. The molecule has 0 unspecified atom stereocenters. The highest BCUT2D eigenvalue weighted by Crippen LogP contribution is 2.38. The number of alkyl halides is 2. The van der Waals surface area contributed by atoms with Gasteiger partial charge in [0.25, 0.3) is 5.92 Å². The smallest absolute Gasteiger partial charge is 0.319 e. The average Bonchev–Trinajstić information content (AvgIpc) is 3.37. The fraction of sp³-hybridized carbons (Fsp3) is 0.441. The van der Waals surface area contributed by atoms with Gasteiger partial charge < -0.3 is 19.6 Å². The highest BCUT2D eigenvalue weighted by Gasteiger charge is 2.38. The molecule has 1 aromatic heterocycles. The second-order valence-corrected chi connectivity index (χ2v) is 12.4. The van der Waals surface area contributed by atoms with Crippen LogP contribution in [0.15, 0.2) is 43.0 Å². The van der Waals surface area contributed by atoms with Crippen LogP contribution in [0.1, 0.15) is 39.2 Å². The first-order chi connectivity index (χ1) is 21.9. The van der Waals surface area contributed by atoms with E-state index in [1.165, 1.54) is 13.0 Å². The molecule has 3 aromatic rings. The molecule has 2 saturated heterocycles. The Morgan fingerprint density at radius 2 is 1.98 bits per heavy atom. The Hall–Kier alpha value is -3.67. The van der Waals surface area contributed by atoms with Crippen LogP contribution in [0.3, 0.4) is 0 Å². The van der Waals surface area contributed by atoms with E-state index >= 15 is 4.39 Å². The summed E-state index contributed by atoms with van der Waals surface area (Å²) < 4.78 is 50.0. The maximum Gasteiger partial charge on any atom is 0.319 e. The molecule has 2 aliphatic rings. The van der Waals surface area contributed by atoms with Crippen LogP contribution < -0.4 is 20.1 Å². The van der Waals surface area contributed by atoms with Crippen LogP contribution in [0.25, 0.3) is 22.6 Å². The van der Waals surface area contributed by atoms with Gasteiger partial charge in [0.15, 0.2) is 5.82 Å². The summed E-state index contributed by atoms with van der Waals surface area (Å²) in [4.78, 5) is 27.0. The van der Waals surface area contributed by atoms with Crippen LogP contribution in [0.4, 0.5) is 19.0 Å². The van der Waals surface area contributed by atoms with Crippen LogP contribution in [0.2, 0.25) is 5.02 Å². The van der Waals surface area contributed by atoms with E-state index in [-0.39, 0.29) is 66.3 Å². The average molecular weight is 658 g/mol. The number of aliphatic hydroxyl groups is 1. The Morgan fingerprint density at radius 1 is 1.22 bits per heavy atom. The lowest BCUT2D eigenvalue weighted by Crippen LogP contribution is -2.58. The molecule has 2 atom stereocenters. The summed E-state index contributed by atoms with van der Waals surface area (Å²) >= 11 is 6.84. The molecule has 3 heterocycles. The van der Waals surface area contributed by atoms with Crippen LogP contribution >= 0.6 is 11.6 Å². The molecule has 2 aromatic carbocycles. The number of rotatable bonds is 9. The van der Waals surface area contributed by atoms with Gasteiger partial charge >= 0.3 is 6.01 Å². The summed E-state index contributed by atoms with van der Waals surface area (Å²) in [6.07, 6.45) is 3.43. The molecule has 1 N–H and O–H groups in total. The van der Waals surface area contributed by atoms with E-state index in [9.17, 15) is 18.7 Å². The van der Waals surface area contributed by atoms with E-state index in [0.29, 0.717) is 59.8 Å². The number of fused-ring (bicyclic) bond motifs is 1. The maximum atomic E-state index is 16.8. The molecule has 0 aliphatic carbocycles. The van der Waals surface area contributed by atoms with Gasteiger partial charge in [0, 0.05) is 62.6 Å². The molecule has 0 radical (unpaired) electrons. The van der Waals surface area contributed by atoms with Gasteiger partial charge in [0.05, 0.1) is 24.8 Å². The van der Waals surface area contributed by atoms with E-state index in [0.717, 1.165) is 0 Å². The summed E-state index contributed by atoms with van der Waals surface area (Å²) in [5.74, 6) is -2.97. The Bertz CT molecular complexity index is 1750. The summed E-state index contributed by atoms with van der Waals surface area (Å²) in [6, 6.07) is 8.51. The highest BCUT2D eigenvalue weighted by molar-refractivity contribution is 6.33. The molecule has 246 valence electrons. The Morgan fingerprint density at radius 3 is 2.65 bits per heavy atom. The fourth-order valence-corrected chi connectivity index (χ4v) is 6.66. The zero-order valence-corrected chi connectivity index (χ0v) is 27.0. The number of benzene rings is 2. The van der Waals surface area contributed by atoms with Crippen molar-refractivity contribution in [2.45, 2.75) is 51.6 Å². The normalized spacial score (nSPS) is 21.2. The van der Waals surface area contributed by atoms with Crippen molar-refractivity contribution in [1.29, 1.82) is 0 Å². The minimum absolute atomic E-state index is 0.00426. The Labute approximate surface area is 271 Å². The predicted molar refractivity (Wildman–Crippen MR) is 174 cm³/mol. The molecule has 8 nitrogen and oxygen atoms in total. The van der Waals surface area contributed by atoms with Crippen LogP contribution in [0, 0.1) is 5.82 Å². The molecule has 1 amide bonds. The number of aromatic nitrogens is 2. The molecule has 0 spiro atoms. The van der Waals surface area contributed by atoms with Crippen molar-refractivity contribution in [2.75, 3.05) is 50.8 Å². The number of hydrogen-bond acceptors (Lipinski definition) is 7. The minimum atomic E-state index is -2.67. The highest BCUT2D eigenvalue weighted by atomic mass is 35.5. The number of halogens is 4. The van der Waals surface area contributed by atoms with Gasteiger partial charge in [-0.2, -0.15) is 9.97 Å². The second-order valence-electron chi connectivity index (χ2n) is 12.0. The van der Waals surface area contributed by atoms with Crippen molar-refractivity contribution >= 4 is 45.9 Å². The van der Waals surface area contributed by atoms with Gasteiger partial charge in [-0.05, 0) is 42.3 Å². The zero-order chi connectivity index (χ0) is 33.2. The largest absolute Gasteiger partial charge is 0.463 e. The SMILES string of the molecule is C=C/C(c1c(Cl)cc2c(N3C[C@@H](C)N(C(C)=O)C[C@@H]3C)nc(OCCCN3CCC(F)(F)C3)nc2c1F)=c1/cccc/c1=C/CO. The Balaban J connectivity index is 1.60. The third-order valence-electron chi connectivity index (χ3n) is 8.64. The van der Waals surface area contributed by atoms with Crippen LogP contribution in [-0.2, 0) is 4.79 Å². The molecule has 12 heteroatoms. The molecular weight excluding hydrogens is 619 g/mol. The van der Waals surface area contributed by atoms with Crippen molar-refractivity contribution in [3.63, 3.8) is 0 Å². The van der Waals surface area contributed by atoms with E-state index in [1.54, 1.807) is 40.1 Å². The molecule has 2 fully saturated rings. The van der Waals surface area contributed by atoms with Gasteiger partial charge in [0.2, 0.25) is 5.91 Å². The molecule has 0 saturated carbocycles. The summed E-state index contributed by atoms with van der Waals surface area (Å²) in [5.41, 5.74) is 0.513. The summed E-state index contributed by atoms with van der Waals surface area (Å²) in [7, 11) is 0. The number of ether oxygens (including phenoxy) is 1. The third kappa shape index (κ3) is 7.01. The number of piperazine rings is 1. The number of amides is 1. The molecule has 5 rings (SSSR count). The predicted octanol–water partition coefficient (Wildman–Crippen LogP) is 4.14. The van der Waals surface area contributed by atoms with Crippen molar-refractivity contribution in [3.8, 4) is 6.01 Å². The number of allylic oxidation sites excluding steroid dienone is 1.